The van der Waals surface area contributed by atoms with Crippen molar-refractivity contribution in [3.63, 3.8) is 0 Å². The number of para-hydroxylation sites is 1. The van der Waals surface area contributed by atoms with E-state index >= 15 is 0 Å². The lowest BCUT2D eigenvalue weighted by Crippen LogP contribution is -2.23. The summed E-state index contributed by atoms with van der Waals surface area (Å²) < 4.78 is 24.1. The smallest absolute Gasteiger partial charge is 0.335 e. The minimum Gasteiger partial charge on any atom is -0.478 e. The van der Waals surface area contributed by atoms with Gasteiger partial charge in [-0.05, 0) is 29.8 Å². The Morgan fingerprint density at radius 3 is 2.13 bits per heavy atom. The van der Waals surface area contributed by atoms with Crippen molar-refractivity contribution >= 4 is 27.4 Å². The highest BCUT2D eigenvalue weighted by Crippen LogP contribution is 2.10. The van der Waals surface area contributed by atoms with Gasteiger partial charge in [-0.15, -0.1) is 0 Å². The molecule has 0 aliphatic heterocycles. The molecule has 0 saturated heterocycles. The molecule has 2 N–H and O–H groups in total. The third-order valence-electron chi connectivity index (χ3n) is 3.00. The van der Waals surface area contributed by atoms with Crippen LogP contribution in [0.3, 0.4) is 0 Å². The topological polar surface area (TPSA) is 101 Å². The first-order chi connectivity index (χ1) is 10.9. The summed E-state index contributed by atoms with van der Waals surface area (Å²) in [5.41, 5.74) is 1.04. The van der Waals surface area contributed by atoms with Crippen molar-refractivity contribution in [1.29, 1.82) is 0 Å². The van der Waals surface area contributed by atoms with Gasteiger partial charge in [0.2, 0.25) is 5.91 Å². The molecule has 0 saturated carbocycles. The van der Waals surface area contributed by atoms with Crippen molar-refractivity contribution in [2.75, 3.05) is 11.1 Å². The van der Waals surface area contributed by atoms with Crippen molar-refractivity contribution in [2.24, 2.45) is 0 Å². The average molecular weight is 333 g/mol. The van der Waals surface area contributed by atoms with Crippen LogP contribution in [0.1, 0.15) is 15.9 Å². The van der Waals surface area contributed by atoms with E-state index in [9.17, 15) is 18.0 Å². The highest BCUT2D eigenvalue weighted by Gasteiger charge is 2.18. The highest BCUT2D eigenvalue weighted by atomic mass is 32.2. The minimum absolute atomic E-state index is 0.0768. The second-order valence-electron chi connectivity index (χ2n) is 4.95. The van der Waals surface area contributed by atoms with Crippen molar-refractivity contribution in [1.82, 2.24) is 0 Å². The molecule has 0 aromatic heterocycles. The van der Waals surface area contributed by atoms with E-state index in [1.165, 1.54) is 24.3 Å². The van der Waals surface area contributed by atoms with E-state index in [0.717, 1.165) is 0 Å². The van der Waals surface area contributed by atoms with E-state index in [4.69, 9.17) is 5.11 Å². The van der Waals surface area contributed by atoms with Crippen LogP contribution in [0, 0.1) is 0 Å². The molecule has 6 nitrogen and oxygen atoms in total. The summed E-state index contributed by atoms with van der Waals surface area (Å²) in [4.78, 5) is 22.5. The molecule has 0 aliphatic rings. The van der Waals surface area contributed by atoms with Gasteiger partial charge in [0.25, 0.3) is 0 Å². The van der Waals surface area contributed by atoms with Crippen LogP contribution in [0.5, 0.6) is 0 Å². The first-order valence-electron chi connectivity index (χ1n) is 6.73. The molecule has 0 bridgehead atoms. The van der Waals surface area contributed by atoms with E-state index in [2.05, 4.69) is 5.32 Å². The van der Waals surface area contributed by atoms with Gasteiger partial charge in [0, 0.05) is 5.69 Å². The van der Waals surface area contributed by atoms with Gasteiger partial charge >= 0.3 is 5.97 Å². The monoisotopic (exact) mass is 333 g/mol. The maximum absolute atomic E-state index is 12.0. The van der Waals surface area contributed by atoms with Crippen LogP contribution in [0.2, 0.25) is 0 Å². The molecule has 0 unspecified atom stereocenters. The van der Waals surface area contributed by atoms with Gasteiger partial charge in [-0.2, -0.15) is 0 Å². The molecule has 0 fully saturated rings. The molecule has 1 amide bonds. The van der Waals surface area contributed by atoms with Crippen LogP contribution in [0.4, 0.5) is 5.69 Å². The van der Waals surface area contributed by atoms with Crippen LogP contribution in [-0.4, -0.2) is 31.2 Å². The summed E-state index contributed by atoms with van der Waals surface area (Å²) in [6.45, 7) is 0. The fourth-order valence-electron chi connectivity index (χ4n) is 1.97. The molecular formula is C16H15NO5S. The zero-order valence-electron chi connectivity index (χ0n) is 12.1. The number of carboxylic acids is 1. The number of benzene rings is 2. The van der Waals surface area contributed by atoms with E-state index in [1.807, 2.05) is 0 Å². The summed E-state index contributed by atoms with van der Waals surface area (Å²) in [5.74, 6) is -2.66. The summed E-state index contributed by atoms with van der Waals surface area (Å²) in [6.07, 6.45) is 0. The average Bonchev–Trinajstić information content (AvgIpc) is 2.47. The SMILES string of the molecule is O=C(CS(=O)(=O)Cc1ccc(C(=O)O)cc1)Nc1ccccc1. The van der Waals surface area contributed by atoms with Gasteiger partial charge in [0.1, 0.15) is 5.75 Å². The first-order valence-corrected chi connectivity index (χ1v) is 8.55. The van der Waals surface area contributed by atoms with Crippen molar-refractivity contribution in [3.05, 3.63) is 65.7 Å². The lowest BCUT2D eigenvalue weighted by Gasteiger charge is -2.07. The Balaban J connectivity index is 1.98. The van der Waals surface area contributed by atoms with Crippen LogP contribution in [0.15, 0.2) is 54.6 Å². The second-order valence-corrected chi connectivity index (χ2v) is 7.01. The Bertz CT molecular complexity index is 798. The van der Waals surface area contributed by atoms with Gasteiger partial charge < -0.3 is 10.4 Å². The summed E-state index contributed by atoms with van der Waals surface area (Å²) in [6, 6.07) is 14.1. The number of anilines is 1. The Labute approximate surface area is 133 Å². The van der Waals surface area contributed by atoms with E-state index in [1.54, 1.807) is 30.3 Å². The maximum Gasteiger partial charge on any atom is 0.335 e. The van der Waals surface area contributed by atoms with E-state index in [0.29, 0.717) is 11.3 Å². The standard InChI is InChI=1S/C16H15NO5S/c18-15(17-14-4-2-1-3-5-14)11-23(21,22)10-12-6-8-13(9-7-12)16(19)20/h1-9H,10-11H2,(H,17,18)(H,19,20). The quantitative estimate of drug-likeness (QED) is 0.841. The van der Waals surface area contributed by atoms with Crippen molar-refractivity contribution in [2.45, 2.75) is 5.75 Å². The zero-order chi connectivity index (χ0) is 16.9. The fourth-order valence-corrected chi connectivity index (χ4v) is 3.24. The zero-order valence-corrected chi connectivity index (χ0v) is 12.9. The van der Waals surface area contributed by atoms with Gasteiger partial charge in [-0.3, -0.25) is 4.79 Å². The number of nitrogens with one attached hydrogen (secondary N) is 1. The predicted molar refractivity (Wildman–Crippen MR) is 86.0 cm³/mol. The predicted octanol–water partition coefficient (Wildman–Crippen LogP) is 1.94. The van der Waals surface area contributed by atoms with Crippen LogP contribution < -0.4 is 5.32 Å². The molecule has 23 heavy (non-hydrogen) atoms. The van der Waals surface area contributed by atoms with Crippen molar-refractivity contribution < 1.29 is 23.1 Å². The second kappa shape index (κ2) is 7.06. The molecule has 7 heteroatoms. The Morgan fingerprint density at radius 2 is 1.57 bits per heavy atom. The normalized spacial score (nSPS) is 11.0. The third-order valence-corrected chi connectivity index (χ3v) is 4.47. The highest BCUT2D eigenvalue weighted by molar-refractivity contribution is 7.91. The Hall–Kier alpha value is -2.67. The number of amides is 1. The Morgan fingerprint density at radius 1 is 0.957 bits per heavy atom. The molecular weight excluding hydrogens is 318 g/mol. The molecule has 2 rings (SSSR count). The first kappa shape index (κ1) is 16.7. The number of carboxylic acid groups (broad SMARTS) is 1. The molecule has 2 aromatic carbocycles. The van der Waals surface area contributed by atoms with Gasteiger partial charge in [-0.1, -0.05) is 30.3 Å². The van der Waals surface area contributed by atoms with Crippen molar-refractivity contribution in [3.8, 4) is 0 Å². The summed E-state index contributed by atoms with van der Waals surface area (Å²) >= 11 is 0. The third kappa shape index (κ3) is 5.23. The number of rotatable bonds is 6. The van der Waals surface area contributed by atoms with Crippen LogP contribution in [-0.2, 0) is 20.4 Å². The van der Waals surface area contributed by atoms with Gasteiger partial charge in [0.05, 0.1) is 11.3 Å². The minimum atomic E-state index is -3.65. The lowest BCUT2D eigenvalue weighted by atomic mass is 10.1. The molecule has 0 radical (unpaired) electrons. The largest absolute Gasteiger partial charge is 0.478 e. The Kier molecular flexibility index (Phi) is 5.13. The molecule has 0 heterocycles. The summed E-state index contributed by atoms with van der Waals surface area (Å²) in [5, 5.41) is 11.3. The van der Waals surface area contributed by atoms with E-state index < -0.39 is 27.5 Å². The molecule has 0 aliphatic carbocycles. The number of hydrogen-bond donors (Lipinski definition) is 2. The lowest BCUT2D eigenvalue weighted by molar-refractivity contribution is -0.113. The molecule has 0 atom stereocenters. The molecule has 0 spiro atoms. The van der Waals surface area contributed by atoms with Gasteiger partial charge in [0.15, 0.2) is 9.84 Å². The maximum atomic E-state index is 12.0. The molecule has 120 valence electrons. The molecule has 2 aromatic rings. The van der Waals surface area contributed by atoms with E-state index in [-0.39, 0.29) is 11.3 Å². The number of carbonyl (C=O) groups is 2. The van der Waals surface area contributed by atoms with Crippen LogP contribution >= 0.6 is 0 Å². The number of sulfone groups is 1. The summed E-state index contributed by atoms with van der Waals surface area (Å²) in [7, 11) is -3.65. The number of carbonyl (C=O) groups excluding carboxylic acids is 1. The van der Waals surface area contributed by atoms with Gasteiger partial charge in [-0.25, -0.2) is 13.2 Å². The number of hydrogen-bond acceptors (Lipinski definition) is 4. The number of aromatic carboxylic acids is 1. The van der Waals surface area contributed by atoms with Crippen LogP contribution in [0.25, 0.3) is 0 Å². The fraction of sp³-hybridized carbons (Fsp3) is 0.125.